The van der Waals surface area contributed by atoms with Gasteiger partial charge in [0.25, 0.3) is 11.8 Å². The summed E-state index contributed by atoms with van der Waals surface area (Å²) < 4.78 is 0. The summed E-state index contributed by atoms with van der Waals surface area (Å²) in [5, 5.41) is 8.52. The fourth-order valence-corrected chi connectivity index (χ4v) is 3.60. The first-order chi connectivity index (χ1) is 14.0. The quantitative estimate of drug-likeness (QED) is 0.535. The Bertz CT molecular complexity index is 1020. The molecule has 0 aliphatic heterocycles. The normalized spacial score (nSPS) is 10.1. The van der Waals surface area contributed by atoms with Crippen molar-refractivity contribution in [3.05, 3.63) is 90.0 Å². The van der Waals surface area contributed by atoms with Crippen molar-refractivity contribution < 1.29 is 9.59 Å². The zero-order valence-corrected chi connectivity index (χ0v) is 17.3. The van der Waals surface area contributed by atoms with Gasteiger partial charge in [0, 0.05) is 33.7 Å². The van der Waals surface area contributed by atoms with E-state index in [0.29, 0.717) is 11.1 Å². The SMILES string of the molecule is CNC(=O)c1cccc(Sc2ccc(NC(=S)NC(=O)c3ccccc3)cc2)c1. The summed E-state index contributed by atoms with van der Waals surface area (Å²) in [6, 6.07) is 24.0. The third-order valence-electron chi connectivity index (χ3n) is 3.93. The Morgan fingerprint density at radius 3 is 2.17 bits per heavy atom. The highest BCUT2D eigenvalue weighted by atomic mass is 32.2. The Morgan fingerprint density at radius 1 is 0.793 bits per heavy atom. The van der Waals surface area contributed by atoms with Gasteiger partial charge in [0.15, 0.2) is 5.11 Å². The van der Waals surface area contributed by atoms with Gasteiger partial charge < -0.3 is 10.6 Å². The summed E-state index contributed by atoms with van der Waals surface area (Å²) in [5.74, 6) is -0.371. The topological polar surface area (TPSA) is 70.2 Å². The average Bonchev–Trinajstić information content (AvgIpc) is 2.75. The van der Waals surface area contributed by atoms with Crippen LogP contribution in [0.25, 0.3) is 0 Å². The van der Waals surface area contributed by atoms with E-state index in [1.54, 1.807) is 49.1 Å². The number of hydrogen-bond acceptors (Lipinski definition) is 4. The van der Waals surface area contributed by atoms with Crippen LogP contribution in [0, 0.1) is 0 Å². The third-order valence-corrected chi connectivity index (χ3v) is 5.14. The number of nitrogens with one attached hydrogen (secondary N) is 3. The number of amides is 2. The van der Waals surface area contributed by atoms with Crippen LogP contribution in [0.1, 0.15) is 20.7 Å². The smallest absolute Gasteiger partial charge is 0.257 e. The largest absolute Gasteiger partial charge is 0.355 e. The van der Waals surface area contributed by atoms with Crippen molar-refractivity contribution >= 4 is 46.6 Å². The first-order valence-corrected chi connectivity index (χ1v) is 10.0. The van der Waals surface area contributed by atoms with E-state index in [4.69, 9.17) is 12.2 Å². The Hall–Kier alpha value is -3.16. The van der Waals surface area contributed by atoms with Gasteiger partial charge in [-0.15, -0.1) is 0 Å². The fraction of sp³-hybridized carbons (Fsp3) is 0.0455. The van der Waals surface area contributed by atoms with E-state index < -0.39 is 0 Å². The molecule has 29 heavy (non-hydrogen) atoms. The van der Waals surface area contributed by atoms with E-state index in [9.17, 15) is 9.59 Å². The van der Waals surface area contributed by atoms with Crippen LogP contribution in [-0.2, 0) is 0 Å². The van der Waals surface area contributed by atoms with Gasteiger partial charge in [0.1, 0.15) is 0 Å². The maximum atomic E-state index is 12.1. The van der Waals surface area contributed by atoms with E-state index >= 15 is 0 Å². The first-order valence-electron chi connectivity index (χ1n) is 8.82. The van der Waals surface area contributed by atoms with Gasteiger partial charge in [0.05, 0.1) is 0 Å². The second-order valence-corrected chi connectivity index (χ2v) is 7.56. The molecule has 3 N–H and O–H groups in total. The first kappa shape index (κ1) is 20.6. The fourth-order valence-electron chi connectivity index (χ4n) is 2.51. The van der Waals surface area contributed by atoms with E-state index in [1.165, 1.54) is 0 Å². The van der Waals surface area contributed by atoms with Crippen LogP contribution in [0.4, 0.5) is 5.69 Å². The summed E-state index contributed by atoms with van der Waals surface area (Å²) >= 11 is 6.77. The lowest BCUT2D eigenvalue weighted by Gasteiger charge is -2.10. The zero-order chi connectivity index (χ0) is 20.6. The van der Waals surface area contributed by atoms with Gasteiger partial charge in [0.2, 0.25) is 0 Å². The lowest BCUT2D eigenvalue weighted by molar-refractivity contribution is 0.0959. The molecule has 0 radical (unpaired) electrons. The van der Waals surface area contributed by atoms with Crippen molar-refractivity contribution in [3.8, 4) is 0 Å². The number of rotatable bonds is 5. The van der Waals surface area contributed by atoms with E-state index in [-0.39, 0.29) is 16.9 Å². The predicted octanol–water partition coefficient (Wildman–Crippen LogP) is 4.32. The second-order valence-electron chi connectivity index (χ2n) is 6.01. The standard InChI is InChI=1S/C22H19N3O2S2/c1-23-20(26)16-8-5-9-19(14-16)29-18-12-10-17(11-13-18)24-22(28)25-21(27)15-6-3-2-4-7-15/h2-14H,1H3,(H,23,26)(H2,24,25,27,28). The van der Waals surface area contributed by atoms with E-state index in [2.05, 4.69) is 16.0 Å². The van der Waals surface area contributed by atoms with Crippen molar-refractivity contribution in [2.45, 2.75) is 9.79 Å². The molecule has 146 valence electrons. The van der Waals surface area contributed by atoms with Crippen molar-refractivity contribution in [2.75, 3.05) is 12.4 Å². The molecule has 0 bridgehead atoms. The minimum atomic E-state index is -0.258. The number of carbonyl (C=O) groups excluding carboxylic acids is 2. The number of anilines is 1. The van der Waals surface area contributed by atoms with Crippen molar-refractivity contribution in [3.63, 3.8) is 0 Å². The number of hydrogen-bond donors (Lipinski definition) is 3. The minimum Gasteiger partial charge on any atom is -0.355 e. The Balaban J connectivity index is 1.58. The van der Waals surface area contributed by atoms with Crippen molar-refractivity contribution in [2.24, 2.45) is 0 Å². The molecule has 0 aliphatic carbocycles. The lowest BCUT2D eigenvalue weighted by Crippen LogP contribution is -2.34. The molecular formula is C22H19N3O2S2. The molecule has 0 aromatic heterocycles. The molecule has 0 saturated carbocycles. The van der Waals surface area contributed by atoms with E-state index in [0.717, 1.165) is 15.5 Å². The Kier molecular flexibility index (Phi) is 6.99. The molecule has 3 aromatic rings. The van der Waals surface area contributed by atoms with Crippen LogP contribution in [0.2, 0.25) is 0 Å². The molecule has 0 unspecified atom stereocenters. The molecule has 0 heterocycles. The third kappa shape index (κ3) is 5.91. The van der Waals surface area contributed by atoms with Gasteiger partial charge >= 0.3 is 0 Å². The Labute approximate surface area is 178 Å². The molecule has 0 atom stereocenters. The van der Waals surface area contributed by atoms with Crippen molar-refractivity contribution in [1.29, 1.82) is 0 Å². The van der Waals surface area contributed by atoms with Crippen LogP contribution in [0.15, 0.2) is 88.7 Å². The zero-order valence-electron chi connectivity index (χ0n) is 15.6. The van der Waals surface area contributed by atoms with Crippen LogP contribution in [0.3, 0.4) is 0 Å². The molecule has 3 rings (SSSR count). The van der Waals surface area contributed by atoms with Crippen LogP contribution < -0.4 is 16.0 Å². The summed E-state index contributed by atoms with van der Waals surface area (Å²) in [7, 11) is 1.61. The Morgan fingerprint density at radius 2 is 1.48 bits per heavy atom. The molecule has 0 aliphatic rings. The maximum Gasteiger partial charge on any atom is 0.257 e. The number of carbonyl (C=O) groups is 2. The summed E-state index contributed by atoms with van der Waals surface area (Å²) in [6.45, 7) is 0. The molecule has 7 heteroatoms. The predicted molar refractivity (Wildman–Crippen MR) is 121 cm³/mol. The van der Waals surface area contributed by atoms with Crippen molar-refractivity contribution in [1.82, 2.24) is 10.6 Å². The van der Waals surface area contributed by atoms with Gasteiger partial charge in [-0.05, 0) is 66.8 Å². The highest BCUT2D eigenvalue weighted by Gasteiger charge is 2.08. The highest BCUT2D eigenvalue weighted by molar-refractivity contribution is 7.99. The molecule has 0 fully saturated rings. The maximum absolute atomic E-state index is 12.1. The second kappa shape index (κ2) is 9.86. The van der Waals surface area contributed by atoms with Gasteiger partial charge in [-0.25, -0.2) is 0 Å². The van der Waals surface area contributed by atoms with Gasteiger partial charge in [-0.2, -0.15) is 0 Å². The summed E-state index contributed by atoms with van der Waals surface area (Å²) in [4.78, 5) is 25.9. The van der Waals surface area contributed by atoms with Crippen LogP contribution >= 0.6 is 24.0 Å². The van der Waals surface area contributed by atoms with Gasteiger partial charge in [-0.3, -0.25) is 14.9 Å². The van der Waals surface area contributed by atoms with E-state index in [1.807, 2.05) is 48.5 Å². The average molecular weight is 422 g/mol. The lowest BCUT2D eigenvalue weighted by atomic mass is 10.2. The van der Waals surface area contributed by atoms with Gasteiger partial charge in [-0.1, -0.05) is 36.0 Å². The molecular weight excluding hydrogens is 402 g/mol. The monoisotopic (exact) mass is 421 g/mol. The molecule has 0 spiro atoms. The minimum absolute atomic E-state index is 0.113. The van der Waals surface area contributed by atoms with Crippen LogP contribution in [0.5, 0.6) is 0 Å². The summed E-state index contributed by atoms with van der Waals surface area (Å²) in [6.07, 6.45) is 0. The summed E-state index contributed by atoms with van der Waals surface area (Å²) in [5.41, 5.74) is 1.93. The number of benzene rings is 3. The molecule has 2 amide bonds. The molecule has 3 aromatic carbocycles. The molecule has 5 nitrogen and oxygen atoms in total. The number of thiocarbonyl (C=S) groups is 1. The van der Waals surface area contributed by atoms with Crippen LogP contribution in [-0.4, -0.2) is 24.0 Å². The molecule has 0 saturated heterocycles. The highest BCUT2D eigenvalue weighted by Crippen LogP contribution is 2.29.